The predicted molar refractivity (Wildman–Crippen MR) is 165 cm³/mol. The van der Waals surface area contributed by atoms with Gasteiger partial charge in [0, 0.05) is 12.0 Å². The van der Waals surface area contributed by atoms with Crippen LogP contribution in [0.15, 0.2) is 95.8 Å². The summed E-state index contributed by atoms with van der Waals surface area (Å²) < 4.78 is 8.85. The molecule has 4 aromatic carbocycles. The first kappa shape index (κ1) is 28.6. The molecule has 0 aliphatic carbocycles. The Bertz CT molecular complexity index is 1750. The van der Waals surface area contributed by atoms with Crippen molar-refractivity contribution in [2.45, 2.75) is 46.5 Å². The minimum absolute atomic E-state index is 0.0888. The average Bonchev–Trinajstić information content (AvgIpc) is 3.30. The molecule has 214 valence electrons. The van der Waals surface area contributed by atoms with Crippen LogP contribution in [-0.2, 0) is 24.1 Å². The first-order valence-corrected chi connectivity index (χ1v) is 14.2. The van der Waals surface area contributed by atoms with Gasteiger partial charge in [0.2, 0.25) is 0 Å². The van der Waals surface area contributed by atoms with E-state index in [2.05, 4.69) is 24.3 Å². The number of hydrogen-bond acceptors (Lipinski definition) is 4. The number of para-hydroxylation sites is 1. The number of aliphatic carboxylic acids is 1. The number of aromatic nitrogens is 3. The molecule has 7 heteroatoms. The summed E-state index contributed by atoms with van der Waals surface area (Å²) >= 11 is 0. The lowest BCUT2D eigenvalue weighted by molar-refractivity contribution is -0.136. The van der Waals surface area contributed by atoms with Crippen molar-refractivity contribution in [3.05, 3.63) is 130 Å². The molecule has 0 spiro atoms. The summed E-state index contributed by atoms with van der Waals surface area (Å²) in [5.41, 5.74) is 7.36. The van der Waals surface area contributed by atoms with E-state index >= 15 is 0 Å². The largest absolute Gasteiger partial charge is 0.494 e. The van der Waals surface area contributed by atoms with Gasteiger partial charge >= 0.3 is 11.7 Å². The summed E-state index contributed by atoms with van der Waals surface area (Å²) in [5, 5.41) is 14.1. The number of ether oxygens (including phenoxy) is 1. The fourth-order valence-corrected chi connectivity index (χ4v) is 5.15. The van der Waals surface area contributed by atoms with E-state index in [1.165, 1.54) is 10.2 Å². The molecule has 0 saturated carbocycles. The molecule has 0 atom stereocenters. The van der Waals surface area contributed by atoms with Crippen LogP contribution in [-0.4, -0.2) is 32.0 Å². The van der Waals surface area contributed by atoms with Gasteiger partial charge in [0.15, 0.2) is 0 Å². The van der Waals surface area contributed by atoms with Gasteiger partial charge in [0.1, 0.15) is 11.6 Å². The highest BCUT2D eigenvalue weighted by molar-refractivity contribution is 5.74. The SMILES string of the molecule is CCOc1ccc(-c2ccc(CCCc3nn(-c4ccc(C)cc4)c(=O)n3-c3ccccc3C)cc2)cc1CC(=O)O. The summed E-state index contributed by atoms with van der Waals surface area (Å²) in [6.07, 6.45) is 2.20. The van der Waals surface area contributed by atoms with E-state index in [0.29, 0.717) is 24.3 Å². The van der Waals surface area contributed by atoms with Crippen molar-refractivity contribution in [1.82, 2.24) is 14.3 Å². The maximum Gasteiger partial charge on any atom is 0.355 e. The van der Waals surface area contributed by atoms with E-state index in [4.69, 9.17) is 9.84 Å². The van der Waals surface area contributed by atoms with Crippen molar-refractivity contribution < 1.29 is 14.6 Å². The second-order valence-corrected chi connectivity index (χ2v) is 10.4. The minimum atomic E-state index is -0.889. The van der Waals surface area contributed by atoms with Crippen molar-refractivity contribution in [1.29, 1.82) is 0 Å². The normalized spacial score (nSPS) is 11.0. The number of carboxylic acids is 1. The van der Waals surface area contributed by atoms with E-state index in [0.717, 1.165) is 52.3 Å². The lowest BCUT2D eigenvalue weighted by Crippen LogP contribution is -2.23. The molecule has 1 N–H and O–H groups in total. The quantitative estimate of drug-likeness (QED) is 0.199. The highest BCUT2D eigenvalue weighted by Crippen LogP contribution is 2.28. The number of nitrogens with zero attached hydrogens (tertiary/aromatic N) is 3. The maximum atomic E-state index is 13.6. The Morgan fingerprint density at radius 2 is 1.60 bits per heavy atom. The van der Waals surface area contributed by atoms with Crippen LogP contribution in [0, 0.1) is 13.8 Å². The third kappa shape index (κ3) is 6.36. The first-order chi connectivity index (χ1) is 20.3. The van der Waals surface area contributed by atoms with E-state index < -0.39 is 5.97 Å². The van der Waals surface area contributed by atoms with E-state index in [1.807, 2.05) is 87.5 Å². The zero-order valence-corrected chi connectivity index (χ0v) is 24.2. The maximum absolute atomic E-state index is 13.6. The molecule has 5 aromatic rings. The van der Waals surface area contributed by atoms with Gasteiger partial charge in [-0.1, -0.05) is 66.2 Å². The van der Waals surface area contributed by atoms with Crippen molar-refractivity contribution in [2.24, 2.45) is 0 Å². The summed E-state index contributed by atoms with van der Waals surface area (Å²) in [7, 11) is 0. The van der Waals surface area contributed by atoms with Gasteiger partial charge in [-0.15, -0.1) is 5.10 Å². The van der Waals surface area contributed by atoms with Gasteiger partial charge in [-0.05, 0) is 86.2 Å². The smallest absolute Gasteiger partial charge is 0.355 e. The average molecular weight is 562 g/mol. The van der Waals surface area contributed by atoms with Crippen molar-refractivity contribution in [3.8, 4) is 28.3 Å². The second-order valence-electron chi connectivity index (χ2n) is 10.4. The summed E-state index contributed by atoms with van der Waals surface area (Å²) in [6.45, 7) is 6.39. The third-order valence-corrected chi connectivity index (χ3v) is 7.34. The first-order valence-electron chi connectivity index (χ1n) is 14.2. The lowest BCUT2D eigenvalue weighted by Gasteiger charge is -2.12. The van der Waals surface area contributed by atoms with Crippen LogP contribution in [0.3, 0.4) is 0 Å². The van der Waals surface area contributed by atoms with Crippen LogP contribution in [0.2, 0.25) is 0 Å². The zero-order valence-electron chi connectivity index (χ0n) is 24.2. The molecular formula is C35H35N3O4. The molecular weight excluding hydrogens is 526 g/mol. The highest BCUT2D eigenvalue weighted by Gasteiger charge is 2.17. The second kappa shape index (κ2) is 12.7. The zero-order chi connectivity index (χ0) is 29.6. The summed E-state index contributed by atoms with van der Waals surface area (Å²) in [5.74, 6) is 0.445. The molecule has 1 aromatic heterocycles. The molecule has 0 fully saturated rings. The molecule has 0 amide bonds. The van der Waals surface area contributed by atoms with Gasteiger partial charge in [0.05, 0.1) is 24.4 Å². The van der Waals surface area contributed by atoms with E-state index in [1.54, 1.807) is 4.57 Å². The fourth-order valence-electron chi connectivity index (χ4n) is 5.15. The Labute approximate surface area is 245 Å². The Balaban J connectivity index is 1.35. The van der Waals surface area contributed by atoms with Gasteiger partial charge in [-0.25, -0.2) is 9.36 Å². The number of hydrogen-bond donors (Lipinski definition) is 1. The van der Waals surface area contributed by atoms with Crippen molar-refractivity contribution in [3.63, 3.8) is 0 Å². The van der Waals surface area contributed by atoms with Crippen LogP contribution in [0.4, 0.5) is 0 Å². The van der Waals surface area contributed by atoms with Gasteiger partial charge < -0.3 is 9.84 Å². The van der Waals surface area contributed by atoms with Crippen LogP contribution in [0.25, 0.3) is 22.5 Å². The number of carboxylic acid groups (broad SMARTS) is 1. The predicted octanol–water partition coefficient (Wildman–Crippen LogP) is 6.51. The summed E-state index contributed by atoms with van der Waals surface area (Å²) in [4.78, 5) is 25.0. The topological polar surface area (TPSA) is 86.4 Å². The van der Waals surface area contributed by atoms with Gasteiger partial charge in [-0.3, -0.25) is 4.79 Å². The minimum Gasteiger partial charge on any atom is -0.494 e. The number of carbonyl (C=O) groups is 1. The van der Waals surface area contributed by atoms with E-state index in [9.17, 15) is 14.7 Å². The van der Waals surface area contributed by atoms with Crippen LogP contribution < -0.4 is 10.4 Å². The highest BCUT2D eigenvalue weighted by atomic mass is 16.5. The van der Waals surface area contributed by atoms with Gasteiger partial charge in [0.25, 0.3) is 0 Å². The molecule has 0 saturated heterocycles. The van der Waals surface area contributed by atoms with E-state index in [-0.39, 0.29) is 12.1 Å². The van der Waals surface area contributed by atoms with Gasteiger partial charge in [-0.2, -0.15) is 4.68 Å². The molecule has 0 aliphatic rings. The van der Waals surface area contributed by atoms with Crippen LogP contribution >= 0.6 is 0 Å². The van der Waals surface area contributed by atoms with Crippen LogP contribution in [0.1, 0.15) is 41.4 Å². The number of rotatable bonds is 11. The Morgan fingerprint density at radius 1 is 0.881 bits per heavy atom. The summed E-state index contributed by atoms with van der Waals surface area (Å²) in [6, 6.07) is 29.7. The van der Waals surface area contributed by atoms with Crippen molar-refractivity contribution in [2.75, 3.05) is 6.61 Å². The number of benzene rings is 4. The molecule has 0 unspecified atom stereocenters. The molecule has 42 heavy (non-hydrogen) atoms. The fraction of sp³-hybridized carbons (Fsp3) is 0.229. The van der Waals surface area contributed by atoms with Crippen molar-refractivity contribution >= 4 is 5.97 Å². The standard InChI is InChI=1S/C35H35N3O4/c1-4-42-32-21-18-28(22-29(32)23-34(39)40)27-16-14-26(15-17-27)9-7-11-33-36-38(30-19-12-24(2)13-20-30)35(41)37(33)31-10-6-5-8-25(31)3/h5-6,8,10,12-22H,4,7,9,11,23H2,1-3H3,(H,39,40). The Kier molecular flexibility index (Phi) is 8.67. The monoisotopic (exact) mass is 561 g/mol. The molecule has 1 heterocycles. The molecule has 0 bridgehead atoms. The third-order valence-electron chi connectivity index (χ3n) is 7.34. The Hall–Kier alpha value is -4.91. The number of aryl methyl sites for hydroxylation is 4. The molecule has 0 aliphatic heterocycles. The lowest BCUT2D eigenvalue weighted by atomic mass is 9.98. The molecule has 7 nitrogen and oxygen atoms in total. The molecule has 5 rings (SSSR count). The Morgan fingerprint density at radius 3 is 2.29 bits per heavy atom. The van der Waals surface area contributed by atoms with Crippen LogP contribution in [0.5, 0.6) is 5.75 Å². The molecule has 0 radical (unpaired) electrons.